The number of methoxy groups -OCH3 is 1. The van der Waals surface area contributed by atoms with Crippen LogP contribution in [0.4, 0.5) is 0 Å². The summed E-state index contributed by atoms with van der Waals surface area (Å²) in [5.74, 6) is 1.77. The Hall–Kier alpha value is -2.29. The first kappa shape index (κ1) is 17.1. The number of benzene rings is 1. The predicted molar refractivity (Wildman–Crippen MR) is 99.1 cm³/mol. The molecule has 4 rings (SSSR count). The summed E-state index contributed by atoms with van der Waals surface area (Å²) < 4.78 is 12.9. The summed E-state index contributed by atoms with van der Waals surface area (Å²) in [6.45, 7) is 2.94. The Morgan fingerprint density at radius 3 is 3.04 bits per heavy atom. The number of hydrogen-bond donors (Lipinski definition) is 0. The van der Waals surface area contributed by atoms with Gasteiger partial charge in [0.25, 0.3) is 0 Å². The zero-order valence-electron chi connectivity index (χ0n) is 14.8. The van der Waals surface area contributed by atoms with E-state index in [4.69, 9.17) is 14.5 Å². The second kappa shape index (κ2) is 7.53. The van der Waals surface area contributed by atoms with Gasteiger partial charge in [-0.05, 0) is 12.1 Å². The Morgan fingerprint density at radius 2 is 2.23 bits per heavy atom. The van der Waals surface area contributed by atoms with Gasteiger partial charge in [-0.3, -0.25) is 9.58 Å². The molecular formula is C18H21N5O2S. The van der Waals surface area contributed by atoms with Crippen LogP contribution in [0.2, 0.25) is 0 Å². The van der Waals surface area contributed by atoms with E-state index in [9.17, 15) is 0 Å². The summed E-state index contributed by atoms with van der Waals surface area (Å²) in [5, 5.41) is 7.28. The molecule has 1 fully saturated rings. The molecule has 1 aliphatic rings. The van der Waals surface area contributed by atoms with Crippen molar-refractivity contribution in [3.8, 4) is 16.3 Å². The highest BCUT2D eigenvalue weighted by molar-refractivity contribution is 7.13. The number of rotatable bonds is 5. The summed E-state index contributed by atoms with van der Waals surface area (Å²) in [7, 11) is 3.60. The number of aryl methyl sites for hydroxylation is 1. The Balaban J connectivity index is 1.55. The monoisotopic (exact) mass is 371 g/mol. The minimum absolute atomic E-state index is 0.0904. The molecule has 0 spiro atoms. The molecule has 2 aromatic heterocycles. The number of hydrogen-bond acceptors (Lipinski definition) is 7. The fourth-order valence-electron chi connectivity index (χ4n) is 3.20. The maximum atomic E-state index is 5.68. The number of thiazole rings is 1. The van der Waals surface area contributed by atoms with Crippen molar-refractivity contribution in [3.63, 3.8) is 0 Å². The Morgan fingerprint density at radius 1 is 1.35 bits per heavy atom. The van der Waals surface area contributed by atoms with Crippen molar-refractivity contribution >= 4 is 11.3 Å². The molecule has 7 nitrogen and oxygen atoms in total. The van der Waals surface area contributed by atoms with Crippen LogP contribution >= 0.6 is 11.3 Å². The van der Waals surface area contributed by atoms with Gasteiger partial charge in [0.1, 0.15) is 22.9 Å². The molecule has 0 saturated carbocycles. The lowest BCUT2D eigenvalue weighted by Crippen LogP contribution is -2.40. The molecule has 136 valence electrons. The fraction of sp³-hybridized carbons (Fsp3) is 0.389. The first-order valence-electron chi connectivity index (χ1n) is 8.49. The maximum absolute atomic E-state index is 5.68. The second-order valence-electron chi connectivity index (χ2n) is 6.15. The van der Waals surface area contributed by atoms with Crippen molar-refractivity contribution in [2.45, 2.75) is 12.6 Å². The maximum Gasteiger partial charge on any atom is 0.146 e. The van der Waals surface area contributed by atoms with Crippen molar-refractivity contribution < 1.29 is 9.47 Å². The molecule has 0 aliphatic carbocycles. The Kier molecular flexibility index (Phi) is 4.96. The first-order valence-corrected chi connectivity index (χ1v) is 9.37. The average molecular weight is 371 g/mol. The van der Waals surface area contributed by atoms with Gasteiger partial charge in [0.15, 0.2) is 0 Å². The van der Waals surface area contributed by atoms with E-state index in [0.717, 1.165) is 47.5 Å². The Bertz CT molecular complexity index is 878. The summed E-state index contributed by atoms with van der Waals surface area (Å²) in [5.41, 5.74) is 2.07. The zero-order chi connectivity index (χ0) is 17.9. The topological polar surface area (TPSA) is 65.3 Å². The molecule has 1 aromatic carbocycles. The lowest BCUT2D eigenvalue weighted by Gasteiger charge is -2.34. The molecule has 8 heteroatoms. The largest absolute Gasteiger partial charge is 0.496 e. The molecule has 1 unspecified atom stereocenters. The van der Waals surface area contributed by atoms with Crippen molar-refractivity contribution in [1.82, 2.24) is 24.6 Å². The molecule has 0 radical (unpaired) electrons. The van der Waals surface area contributed by atoms with E-state index in [-0.39, 0.29) is 6.04 Å². The van der Waals surface area contributed by atoms with Gasteiger partial charge in [0.05, 0.1) is 37.6 Å². The molecule has 0 N–H and O–H groups in total. The van der Waals surface area contributed by atoms with Crippen LogP contribution in [0.1, 0.15) is 17.6 Å². The smallest absolute Gasteiger partial charge is 0.146 e. The number of para-hydroxylation sites is 1. The number of aromatic nitrogens is 4. The number of morpholine rings is 1. The van der Waals surface area contributed by atoms with Crippen molar-refractivity contribution in [1.29, 1.82) is 0 Å². The van der Waals surface area contributed by atoms with Gasteiger partial charge in [0, 0.05) is 25.5 Å². The highest BCUT2D eigenvalue weighted by Crippen LogP contribution is 2.33. The fourth-order valence-corrected chi connectivity index (χ4v) is 4.05. The minimum Gasteiger partial charge on any atom is -0.496 e. The molecule has 26 heavy (non-hydrogen) atoms. The van der Waals surface area contributed by atoms with Gasteiger partial charge in [-0.25, -0.2) is 9.97 Å². The average Bonchev–Trinajstić information content (AvgIpc) is 3.31. The van der Waals surface area contributed by atoms with Crippen LogP contribution in [-0.4, -0.2) is 51.5 Å². The first-order chi connectivity index (χ1) is 12.8. The third kappa shape index (κ3) is 3.35. The van der Waals surface area contributed by atoms with Crippen LogP contribution in [0.3, 0.4) is 0 Å². The summed E-state index contributed by atoms with van der Waals surface area (Å²) >= 11 is 1.64. The van der Waals surface area contributed by atoms with Gasteiger partial charge < -0.3 is 9.47 Å². The molecule has 1 atom stereocenters. The summed E-state index contributed by atoms with van der Waals surface area (Å²) in [4.78, 5) is 11.6. The van der Waals surface area contributed by atoms with Crippen LogP contribution in [0, 0.1) is 0 Å². The van der Waals surface area contributed by atoms with E-state index >= 15 is 0 Å². The van der Waals surface area contributed by atoms with Crippen LogP contribution in [0.15, 0.2) is 36.0 Å². The lowest BCUT2D eigenvalue weighted by atomic mass is 10.2. The summed E-state index contributed by atoms with van der Waals surface area (Å²) in [6.07, 6.45) is 1.59. The quantitative estimate of drug-likeness (QED) is 0.687. The molecule has 3 aromatic rings. The van der Waals surface area contributed by atoms with E-state index in [1.165, 1.54) is 0 Å². The summed E-state index contributed by atoms with van der Waals surface area (Å²) in [6, 6.07) is 8.06. The SMILES string of the molecule is COc1ccccc1-c1nc(CN2CCOCC2c2ncnn2C)cs1. The van der Waals surface area contributed by atoms with Gasteiger partial charge in [-0.2, -0.15) is 5.10 Å². The van der Waals surface area contributed by atoms with E-state index in [2.05, 4.69) is 20.4 Å². The predicted octanol–water partition coefficient (Wildman–Crippen LogP) is 2.52. The number of nitrogens with zero attached hydrogens (tertiary/aromatic N) is 5. The molecule has 1 saturated heterocycles. The molecule has 0 amide bonds. The molecule has 0 bridgehead atoms. The van der Waals surface area contributed by atoms with E-state index in [0.29, 0.717) is 6.61 Å². The van der Waals surface area contributed by atoms with Crippen molar-refractivity contribution in [2.24, 2.45) is 7.05 Å². The van der Waals surface area contributed by atoms with Crippen LogP contribution < -0.4 is 4.74 Å². The lowest BCUT2D eigenvalue weighted by molar-refractivity contribution is -0.0176. The third-order valence-corrected chi connectivity index (χ3v) is 5.46. The normalized spacial score (nSPS) is 18.2. The van der Waals surface area contributed by atoms with E-state index < -0.39 is 0 Å². The van der Waals surface area contributed by atoms with Gasteiger partial charge in [-0.1, -0.05) is 12.1 Å². The standard InChI is InChI=1S/C18H21N5O2S/c1-22-17(19-12-20-22)15-10-25-8-7-23(15)9-13-11-26-18(21-13)14-5-3-4-6-16(14)24-2/h3-6,11-12,15H,7-10H2,1-2H3. The van der Waals surface area contributed by atoms with Gasteiger partial charge >= 0.3 is 0 Å². The zero-order valence-corrected chi connectivity index (χ0v) is 15.6. The van der Waals surface area contributed by atoms with Crippen molar-refractivity contribution in [3.05, 3.63) is 47.5 Å². The van der Waals surface area contributed by atoms with Crippen LogP contribution in [0.25, 0.3) is 10.6 Å². The van der Waals surface area contributed by atoms with Crippen LogP contribution in [0.5, 0.6) is 5.75 Å². The molecule has 1 aliphatic heterocycles. The Labute approximate surface area is 156 Å². The van der Waals surface area contributed by atoms with Gasteiger partial charge in [-0.15, -0.1) is 11.3 Å². The van der Waals surface area contributed by atoms with Crippen LogP contribution in [-0.2, 0) is 18.3 Å². The van der Waals surface area contributed by atoms with Gasteiger partial charge in [0.2, 0.25) is 0 Å². The number of ether oxygens (including phenoxy) is 2. The van der Waals surface area contributed by atoms with E-state index in [1.807, 2.05) is 36.0 Å². The second-order valence-corrected chi connectivity index (χ2v) is 7.01. The third-order valence-electron chi connectivity index (χ3n) is 4.54. The highest BCUT2D eigenvalue weighted by Gasteiger charge is 2.28. The minimum atomic E-state index is 0.0904. The highest BCUT2D eigenvalue weighted by atomic mass is 32.1. The molecular weight excluding hydrogens is 350 g/mol. The van der Waals surface area contributed by atoms with E-state index in [1.54, 1.807) is 24.8 Å². The molecule has 3 heterocycles. The van der Waals surface area contributed by atoms with Crippen molar-refractivity contribution in [2.75, 3.05) is 26.9 Å².